The van der Waals surface area contributed by atoms with Crippen LogP contribution in [0.4, 0.5) is 0 Å². The quantitative estimate of drug-likeness (QED) is 0.164. The van der Waals surface area contributed by atoms with Crippen molar-refractivity contribution in [1.82, 2.24) is 39.9 Å². The van der Waals surface area contributed by atoms with E-state index in [0.717, 1.165) is 43.8 Å². The Morgan fingerprint density at radius 1 is 0.405 bits per heavy atom. The van der Waals surface area contributed by atoms with Gasteiger partial charge in [-0.1, -0.05) is 96.5 Å². The largest absolute Gasteiger partial charge is 2.00 e. The second kappa shape index (κ2) is 9.36. The van der Waals surface area contributed by atoms with Gasteiger partial charge in [-0.25, -0.2) is 29.9 Å². The van der Waals surface area contributed by atoms with Crippen LogP contribution in [0, 0.1) is 0 Å². The number of aromatic amines is 2. The van der Waals surface area contributed by atoms with Gasteiger partial charge in [-0.15, -0.1) is 0 Å². The third-order valence-corrected chi connectivity index (χ3v) is 7.84. The fraction of sp³-hybridized carbons (Fsp3) is 0. The second-order valence-electron chi connectivity index (χ2n) is 9.91. The molecule has 0 radical (unpaired) electrons. The summed E-state index contributed by atoms with van der Waals surface area (Å²) < 4.78 is 0. The molecule has 2 aliphatic heterocycles. The number of benzene rings is 4. The van der Waals surface area contributed by atoms with Crippen LogP contribution in [0.3, 0.4) is 0 Å². The van der Waals surface area contributed by atoms with Crippen LogP contribution < -0.4 is 0 Å². The van der Waals surface area contributed by atoms with E-state index >= 15 is 0 Å². The molecule has 0 fully saturated rings. The maximum absolute atomic E-state index is 6.73. The van der Waals surface area contributed by atoms with Crippen molar-refractivity contribution in [3.8, 4) is 45.6 Å². The minimum atomic E-state index is 0. The molecule has 2 aliphatic rings. The van der Waals surface area contributed by atoms with Crippen molar-refractivity contribution in [3.05, 3.63) is 96.0 Å². The van der Waals surface area contributed by atoms with Crippen LogP contribution in [-0.2, 0) is 20.4 Å². The number of halogens is 1. The molecule has 42 heavy (non-hydrogen) atoms. The molecule has 0 atom stereocenters. The molecule has 0 spiro atoms. The van der Waals surface area contributed by atoms with Gasteiger partial charge in [-0.3, -0.25) is 0 Å². The maximum Gasteiger partial charge on any atom is 2.00 e. The molecule has 0 unspecified atom stereocenters. The first-order valence-electron chi connectivity index (χ1n) is 13.1. The molecule has 8 bridgehead atoms. The molecule has 0 amide bonds. The Labute approximate surface area is 256 Å². The summed E-state index contributed by atoms with van der Waals surface area (Å²) in [5, 5.41) is 4.05. The van der Waals surface area contributed by atoms with Crippen molar-refractivity contribution in [2.24, 2.45) is 0 Å². The van der Waals surface area contributed by atoms with E-state index in [0.29, 0.717) is 50.9 Å². The Hall–Kier alpha value is -4.81. The zero-order valence-corrected chi connectivity index (χ0v) is 23.8. The number of hydrogen-bond donors (Lipinski definition) is 2. The zero-order valence-electron chi connectivity index (χ0n) is 21.5. The monoisotopic (exact) mass is 654 g/mol. The number of nitrogens with one attached hydrogen (secondary N) is 2. The fourth-order valence-electron chi connectivity index (χ4n) is 5.65. The van der Waals surface area contributed by atoms with Crippen LogP contribution in [0.5, 0.6) is 0 Å². The van der Waals surface area contributed by atoms with Gasteiger partial charge in [0.2, 0.25) is 0 Å². The van der Waals surface area contributed by atoms with Crippen molar-refractivity contribution in [2.45, 2.75) is 0 Å². The van der Waals surface area contributed by atoms with Gasteiger partial charge in [0.25, 0.3) is 0 Å². The average molecular weight is 655 g/mol. The van der Waals surface area contributed by atoms with Gasteiger partial charge in [0, 0.05) is 43.8 Å². The first kappa shape index (κ1) is 24.9. The molecule has 9 rings (SSSR count). The van der Waals surface area contributed by atoms with E-state index in [4.69, 9.17) is 41.5 Å². The molecule has 200 valence electrons. The molecule has 10 heteroatoms. The first-order valence-corrected chi connectivity index (χ1v) is 13.5. The van der Waals surface area contributed by atoms with Gasteiger partial charge in [0.1, 0.15) is 22.6 Å². The molecule has 7 aromatic rings. The third-order valence-electron chi connectivity index (χ3n) is 7.53. The number of fused-ring (bicyclic) bond motifs is 20. The Morgan fingerprint density at radius 2 is 0.786 bits per heavy atom. The molecular formula is C32H17ClN8Pd+2. The van der Waals surface area contributed by atoms with Gasteiger partial charge in [-0.2, -0.15) is 0 Å². The van der Waals surface area contributed by atoms with Gasteiger partial charge < -0.3 is 9.97 Å². The van der Waals surface area contributed by atoms with E-state index in [1.807, 2.05) is 91.0 Å². The normalized spacial score (nSPS) is 11.7. The number of hydrogen-bond acceptors (Lipinski definition) is 6. The average Bonchev–Trinajstić information content (AvgIpc) is 3.73. The number of aromatic nitrogens is 8. The molecule has 4 aromatic carbocycles. The summed E-state index contributed by atoms with van der Waals surface area (Å²) in [5.74, 6) is 2.24. The van der Waals surface area contributed by atoms with Crippen LogP contribution in [-0.4, -0.2) is 39.9 Å². The number of rotatable bonds is 0. The smallest absolute Gasteiger partial charge is 0.324 e. The van der Waals surface area contributed by atoms with Gasteiger partial charge in [-0.05, 0) is 6.07 Å². The second-order valence-corrected chi connectivity index (χ2v) is 10.3. The van der Waals surface area contributed by atoms with Gasteiger partial charge in [0.05, 0.1) is 5.02 Å². The summed E-state index contributed by atoms with van der Waals surface area (Å²) in [6.45, 7) is 0. The molecule has 3 aromatic heterocycles. The van der Waals surface area contributed by atoms with E-state index < -0.39 is 0 Å². The van der Waals surface area contributed by atoms with E-state index in [9.17, 15) is 0 Å². The van der Waals surface area contributed by atoms with Crippen LogP contribution in [0.1, 0.15) is 0 Å². The molecule has 0 saturated heterocycles. The summed E-state index contributed by atoms with van der Waals surface area (Å²) in [4.78, 5) is 36.6. The van der Waals surface area contributed by atoms with Gasteiger partial charge in [0.15, 0.2) is 23.3 Å². The molecule has 5 heterocycles. The molecule has 0 saturated carbocycles. The Bertz CT molecular complexity index is 2410. The summed E-state index contributed by atoms with van der Waals surface area (Å²) in [6, 6.07) is 29.7. The standard InChI is InChI=1S/C32H17ClN8.Pd/c33-23-15-7-14-22-24(23)32-40-30-21-13-6-5-12-20(21)28(38-30)36-26-17-9-2-1-8-16(17)25(34-26)35-27-18-10-3-4-11-19(18)29(37-27)39-31(22)41-32;/h1-15H,(H2,34,35,36,37,38,39,40,41);/q;+2. The molecule has 2 N–H and O–H groups in total. The van der Waals surface area contributed by atoms with Gasteiger partial charge >= 0.3 is 20.4 Å². The third kappa shape index (κ3) is 3.65. The van der Waals surface area contributed by atoms with E-state index in [-0.39, 0.29) is 20.4 Å². The van der Waals surface area contributed by atoms with E-state index in [1.165, 1.54) is 0 Å². The number of nitrogens with zero attached hydrogens (tertiary/aromatic N) is 6. The molecular weight excluding hydrogens is 638 g/mol. The van der Waals surface area contributed by atoms with Crippen molar-refractivity contribution in [3.63, 3.8) is 0 Å². The van der Waals surface area contributed by atoms with Crippen LogP contribution in [0.25, 0.3) is 89.7 Å². The maximum atomic E-state index is 6.73. The van der Waals surface area contributed by atoms with Crippen LogP contribution >= 0.6 is 11.6 Å². The minimum Gasteiger partial charge on any atom is -0.324 e. The Kier molecular flexibility index (Phi) is 5.56. The van der Waals surface area contributed by atoms with Crippen molar-refractivity contribution < 1.29 is 20.4 Å². The number of H-pyrrole nitrogens is 2. The van der Waals surface area contributed by atoms with Crippen molar-refractivity contribution >= 4 is 55.7 Å². The SMILES string of the molecule is Clc1cccc2c3nc4nc(nc5[nH]c(nc6nc(nc([nH]3)c12)-c1ccccc1-6)c1ccccc51)-c1ccccc1-4.[Pd+2]. The zero-order chi connectivity index (χ0) is 27.1. The summed E-state index contributed by atoms with van der Waals surface area (Å²) in [5.41, 5.74) is 6.09. The summed E-state index contributed by atoms with van der Waals surface area (Å²) in [7, 11) is 0. The first-order chi connectivity index (χ1) is 20.2. The topological polar surface area (TPSA) is 109 Å². The van der Waals surface area contributed by atoms with Crippen LogP contribution in [0.15, 0.2) is 91.0 Å². The Morgan fingerprint density at radius 3 is 1.29 bits per heavy atom. The molecule has 8 nitrogen and oxygen atoms in total. The van der Waals surface area contributed by atoms with Crippen LogP contribution in [0.2, 0.25) is 5.02 Å². The predicted molar refractivity (Wildman–Crippen MR) is 161 cm³/mol. The predicted octanol–water partition coefficient (Wildman–Crippen LogP) is 7.52. The van der Waals surface area contributed by atoms with Crippen molar-refractivity contribution in [1.29, 1.82) is 0 Å². The Balaban J connectivity index is 0.00000267. The minimum absolute atomic E-state index is 0. The molecule has 0 aliphatic carbocycles. The van der Waals surface area contributed by atoms with E-state index in [1.54, 1.807) is 0 Å². The van der Waals surface area contributed by atoms with Crippen molar-refractivity contribution in [2.75, 3.05) is 0 Å². The summed E-state index contributed by atoms with van der Waals surface area (Å²) >= 11 is 6.73. The van der Waals surface area contributed by atoms with E-state index in [2.05, 4.69) is 9.97 Å². The fourth-order valence-corrected chi connectivity index (χ4v) is 5.91. The summed E-state index contributed by atoms with van der Waals surface area (Å²) in [6.07, 6.45) is 0.